The Balaban J connectivity index is 1.52. The second-order valence-electron chi connectivity index (χ2n) is 8.47. The maximum absolute atomic E-state index is 12.8. The fraction of sp³-hybridized carbons (Fsp3) is 0.542. The van der Waals surface area contributed by atoms with Gasteiger partial charge in [-0.25, -0.2) is 14.6 Å². The van der Waals surface area contributed by atoms with Gasteiger partial charge in [-0.2, -0.15) is 0 Å². The molecule has 2 heterocycles. The van der Waals surface area contributed by atoms with E-state index in [4.69, 9.17) is 9.73 Å². The van der Waals surface area contributed by atoms with Crippen molar-refractivity contribution in [3.05, 3.63) is 41.1 Å². The summed E-state index contributed by atoms with van der Waals surface area (Å²) in [4.78, 5) is 32.1. The van der Waals surface area contributed by atoms with Crippen LogP contribution in [0.3, 0.4) is 0 Å². The van der Waals surface area contributed by atoms with Crippen LogP contribution in [-0.4, -0.2) is 47.0 Å². The molecule has 0 aromatic heterocycles. The normalized spacial score (nSPS) is 21.5. The van der Waals surface area contributed by atoms with E-state index >= 15 is 0 Å². The van der Waals surface area contributed by atoms with Gasteiger partial charge in [0.05, 0.1) is 23.9 Å². The first-order valence-corrected chi connectivity index (χ1v) is 12.6. The van der Waals surface area contributed by atoms with Crippen molar-refractivity contribution in [3.63, 3.8) is 0 Å². The zero-order chi connectivity index (χ0) is 22.5. The van der Waals surface area contributed by atoms with E-state index < -0.39 is 0 Å². The number of rotatable bonds is 5. The van der Waals surface area contributed by atoms with Crippen molar-refractivity contribution in [2.75, 3.05) is 24.2 Å². The van der Waals surface area contributed by atoms with E-state index in [2.05, 4.69) is 15.5 Å². The van der Waals surface area contributed by atoms with Crippen molar-refractivity contribution < 1.29 is 14.3 Å². The summed E-state index contributed by atoms with van der Waals surface area (Å²) in [6.45, 7) is 4.86. The van der Waals surface area contributed by atoms with Crippen molar-refractivity contribution in [1.29, 1.82) is 0 Å². The minimum atomic E-state index is -0.317. The first-order chi connectivity index (χ1) is 15.6. The van der Waals surface area contributed by atoms with Crippen LogP contribution >= 0.6 is 11.8 Å². The molecule has 1 aliphatic carbocycles. The highest BCUT2D eigenvalue weighted by molar-refractivity contribution is 8.13. The molecule has 1 aromatic carbocycles. The number of benzene rings is 1. The Morgan fingerprint density at radius 1 is 1.16 bits per heavy atom. The van der Waals surface area contributed by atoms with Gasteiger partial charge in [0.1, 0.15) is 0 Å². The molecule has 0 bridgehead atoms. The van der Waals surface area contributed by atoms with Crippen LogP contribution < -0.4 is 10.6 Å². The molecule has 0 spiro atoms. The van der Waals surface area contributed by atoms with E-state index in [1.54, 1.807) is 11.8 Å². The molecular weight excluding hydrogens is 424 g/mol. The van der Waals surface area contributed by atoms with Crippen molar-refractivity contribution >= 4 is 34.6 Å². The Morgan fingerprint density at radius 2 is 1.91 bits per heavy atom. The van der Waals surface area contributed by atoms with Gasteiger partial charge in [0.2, 0.25) is 0 Å². The number of aliphatic imine (C=N–C) groups is 1. The number of carbonyl (C=O) groups excluding carboxylic acids is 2. The first kappa shape index (κ1) is 22.7. The smallest absolute Gasteiger partial charge is 0.338 e. The fourth-order valence-electron chi connectivity index (χ4n) is 4.63. The number of esters is 1. The minimum Gasteiger partial charge on any atom is -0.463 e. The number of allylic oxidation sites excluding steroid dienone is 1. The highest BCUT2D eigenvalue weighted by Crippen LogP contribution is 2.40. The van der Waals surface area contributed by atoms with E-state index in [-0.39, 0.29) is 24.1 Å². The molecule has 7 nitrogen and oxygen atoms in total. The number of amides is 2. The average molecular weight is 457 g/mol. The number of hydrogen-bond acceptors (Lipinski definition) is 6. The second-order valence-corrected chi connectivity index (χ2v) is 9.53. The third-order valence-corrected chi connectivity index (χ3v) is 7.26. The Morgan fingerprint density at radius 3 is 2.62 bits per heavy atom. The maximum Gasteiger partial charge on any atom is 0.338 e. The molecule has 0 radical (unpaired) electrons. The zero-order valence-corrected chi connectivity index (χ0v) is 19.7. The van der Waals surface area contributed by atoms with Gasteiger partial charge in [0, 0.05) is 24.0 Å². The van der Waals surface area contributed by atoms with Crippen LogP contribution in [0.15, 0.2) is 40.5 Å². The first-order valence-electron chi connectivity index (χ1n) is 11.6. The fourth-order valence-corrected chi connectivity index (χ4v) is 5.65. The standard InChI is InChI=1S/C24H32N4O3S/c1-3-31-22(29)20-16(2)25-24-28(14-7-15-32-24)21(20)17-10-12-19(13-11-17)27-23(30)26-18-8-5-4-6-9-18/h10-13,18,21H,3-9,14-15H2,1-2H3,(H2,26,27,30). The number of anilines is 1. The van der Waals surface area contributed by atoms with Crippen LogP contribution in [-0.2, 0) is 9.53 Å². The van der Waals surface area contributed by atoms with E-state index in [0.717, 1.165) is 48.0 Å². The molecule has 32 heavy (non-hydrogen) atoms. The lowest BCUT2D eigenvalue weighted by atomic mass is 9.94. The molecule has 2 aliphatic heterocycles. The van der Waals surface area contributed by atoms with E-state index in [1.165, 1.54) is 19.3 Å². The molecule has 8 heteroatoms. The summed E-state index contributed by atoms with van der Waals surface area (Å²) < 4.78 is 5.37. The van der Waals surface area contributed by atoms with Gasteiger partial charge in [0.25, 0.3) is 0 Å². The number of hydrogen-bond donors (Lipinski definition) is 2. The average Bonchev–Trinajstić information content (AvgIpc) is 2.79. The Bertz CT molecular complexity index is 906. The van der Waals surface area contributed by atoms with E-state index in [9.17, 15) is 9.59 Å². The third-order valence-electron chi connectivity index (χ3n) is 6.18. The summed E-state index contributed by atoms with van der Waals surface area (Å²) in [7, 11) is 0. The van der Waals surface area contributed by atoms with Crippen LogP contribution in [0, 0.1) is 0 Å². The molecule has 2 amide bonds. The summed E-state index contributed by atoms with van der Waals surface area (Å²) >= 11 is 1.73. The lowest BCUT2D eigenvalue weighted by molar-refractivity contribution is -0.139. The van der Waals surface area contributed by atoms with Crippen molar-refractivity contribution in [3.8, 4) is 0 Å². The van der Waals surface area contributed by atoms with E-state index in [1.807, 2.05) is 38.1 Å². The summed E-state index contributed by atoms with van der Waals surface area (Å²) in [5.74, 6) is 0.714. The second kappa shape index (κ2) is 10.4. The molecular formula is C24H32N4O3S. The number of ether oxygens (including phenoxy) is 1. The summed E-state index contributed by atoms with van der Waals surface area (Å²) in [6, 6.07) is 7.63. The van der Waals surface area contributed by atoms with Crippen LogP contribution in [0.25, 0.3) is 0 Å². The topological polar surface area (TPSA) is 83.0 Å². The SMILES string of the molecule is CCOC(=O)C1=C(C)N=C2SCCCN2C1c1ccc(NC(=O)NC2CCCCC2)cc1. The summed E-state index contributed by atoms with van der Waals surface area (Å²) in [6.07, 6.45) is 6.75. The van der Waals surface area contributed by atoms with Gasteiger partial charge in [-0.05, 0) is 50.8 Å². The largest absolute Gasteiger partial charge is 0.463 e. The van der Waals surface area contributed by atoms with Crippen molar-refractivity contribution in [1.82, 2.24) is 10.2 Å². The number of nitrogens with zero attached hydrogens (tertiary/aromatic N) is 2. The highest BCUT2D eigenvalue weighted by Gasteiger charge is 2.37. The van der Waals surface area contributed by atoms with Crippen LogP contribution in [0.1, 0.15) is 64.0 Å². The number of thioether (sulfide) groups is 1. The molecule has 1 atom stereocenters. The lowest BCUT2D eigenvalue weighted by Gasteiger charge is -2.40. The van der Waals surface area contributed by atoms with Gasteiger partial charge in [-0.3, -0.25) is 0 Å². The van der Waals surface area contributed by atoms with Crippen molar-refractivity contribution in [2.24, 2.45) is 4.99 Å². The molecule has 2 fully saturated rings. The van der Waals surface area contributed by atoms with Crippen LogP contribution in [0.5, 0.6) is 0 Å². The maximum atomic E-state index is 12.8. The number of nitrogens with one attached hydrogen (secondary N) is 2. The molecule has 2 N–H and O–H groups in total. The zero-order valence-electron chi connectivity index (χ0n) is 18.9. The highest BCUT2D eigenvalue weighted by atomic mass is 32.2. The molecule has 1 saturated carbocycles. The predicted octanol–water partition coefficient (Wildman–Crippen LogP) is 4.83. The minimum absolute atomic E-state index is 0.160. The molecule has 3 aliphatic rings. The van der Waals surface area contributed by atoms with Gasteiger partial charge in [0.15, 0.2) is 5.17 Å². The Hall–Kier alpha value is -2.48. The lowest BCUT2D eigenvalue weighted by Crippen LogP contribution is -2.42. The quantitative estimate of drug-likeness (QED) is 0.620. The van der Waals surface area contributed by atoms with Gasteiger partial charge in [-0.1, -0.05) is 43.2 Å². The third kappa shape index (κ3) is 5.11. The van der Waals surface area contributed by atoms with E-state index in [0.29, 0.717) is 17.9 Å². The molecule has 1 aromatic rings. The summed E-state index contributed by atoms with van der Waals surface area (Å²) in [5.41, 5.74) is 3.02. The molecule has 4 rings (SSSR count). The Labute approximate surface area is 194 Å². The predicted molar refractivity (Wildman–Crippen MR) is 129 cm³/mol. The molecule has 1 saturated heterocycles. The van der Waals surface area contributed by atoms with Gasteiger partial charge < -0.3 is 20.3 Å². The number of fused-ring (bicyclic) bond motifs is 1. The van der Waals surface area contributed by atoms with Crippen LogP contribution in [0.2, 0.25) is 0 Å². The molecule has 1 unspecified atom stereocenters. The van der Waals surface area contributed by atoms with Gasteiger partial charge >= 0.3 is 12.0 Å². The number of amidine groups is 1. The molecule has 172 valence electrons. The van der Waals surface area contributed by atoms with Gasteiger partial charge in [-0.15, -0.1) is 0 Å². The monoisotopic (exact) mass is 456 g/mol. The van der Waals surface area contributed by atoms with Crippen molar-refractivity contribution in [2.45, 2.75) is 64.5 Å². The van der Waals surface area contributed by atoms with Crippen LogP contribution in [0.4, 0.5) is 10.5 Å². The summed E-state index contributed by atoms with van der Waals surface area (Å²) in [5, 5.41) is 6.98. The number of carbonyl (C=O) groups is 2. The number of urea groups is 1. The Kier molecular flexibility index (Phi) is 7.40.